The number of para-hydroxylation sites is 1. The van der Waals surface area contributed by atoms with E-state index in [1.807, 2.05) is 25.1 Å². The first-order chi connectivity index (χ1) is 9.18. The minimum Gasteiger partial charge on any atom is -0.306 e. The van der Waals surface area contributed by atoms with Gasteiger partial charge >= 0.3 is 0 Å². The molecule has 0 aliphatic carbocycles. The third-order valence-corrected chi connectivity index (χ3v) is 2.94. The highest BCUT2D eigenvalue weighted by Crippen LogP contribution is 2.24. The van der Waals surface area contributed by atoms with Crippen LogP contribution in [0.4, 0.5) is 5.69 Å². The van der Waals surface area contributed by atoms with Crippen molar-refractivity contribution in [3.63, 3.8) is 0 Å². The Morgan fingerprint density at radius 1 is 1.32 bits per heavy atom. The summed E-state index contributed by atoms with van der Waals surface area (Å²) in [5.41, 5.74) is 1.89. The molecular formula is C14H15N3O2. The van der Waals surface area contributed by atoms with E-state index >= 15 is 0 Å². The van der Waals surface area contributed by atoms with Gasteiger partial charge in [0.25, 0.3) is 5.69 Å². The summed E-state index contributed by atoms with van der Waals surface area (Å²) in [6.45, 7) is 2.54. The first-order valence-corrected chi connectivity index (χ1v) is 6.04. The van der Waals surface area contributed by atoms with Crippen molar-refractivity contribution in [3.8, 4) is 0 Å². The molecule has 0 aliphatic heterocycles. The summed E-state index contributed by atoms with van der Waals surface area (Å²) in [4.78, 5) is 14.7. The quantitative estimate of drug-likeness (QED) is 0.660. The molecular weight excluding hydrogens is 242 g/mol. The summed E-state index contributed by atoms with van der Waals surface area (Å²) in [5.74, 6) is 0. The van der Waals surface area contributed by atoms with Crippen LogP contribution < -0.4 is 5.32 Å². The van der Waals surface area contributed by atoms with E-state index in [1.54, 1.807) is 24.5 Å². The zero-order valence-corrected chi connectivity index (χ0v) is 10.6. The van der Waals surface area contributed by atoms with Crippen molar-refractivity contribution in [2.45, 2.75) is 19.5 Å². The number of pyridine rings is 1. The normalized spacial score (nSPS) is 12.1. The highest BCUT2D eigenvalue weighted by Gasteiger charge is 2.17. The molecule has 1 atom stereocenters. The molecule has 2 rings (SSSR count). The molecule has 0 aliphatic rings. The maximum atomic E-state index is 11.0. The largest absolute Gasteiger partial charge is 0.306 e. The monoisotopic (exact) mass is 257 g/mol. The number of nitrogens with one attached hydrogen (secondary N) is 1. The smallest absolute Gasteiger partial charge is 0.274 e. The Bertz CT molecular complexity index is 558. The molecule has 0 radical (unpaired) electrons. The van der Waals surface area contributed by atoms with Crippen LogP contribution in [0.25, 0.3) is 0 Å². The number of rotatable bonds is 5. The summed E-state index contributed by atoms with van der Waals surface area (Å²) >= 11 is 0. The SMILES string of the molecule is CC(NCc1cccnc1)c1ccccc1[N+](=O)[O-]. The fourth-order valence-corrected chi connectivity index (χ4v) is 1.90. The van der Waals surface area contributed by atoms with Crippen molar-refractivity contribution in [2.75, 3.05) is 0 Å². The Morgan fingerprint density at radius 2 is 2.11 bits per heavy atom. The van der Waals surface area contributed by atoms with Crippen LogP contribution in [-0.4, -0.2) is 9.91 Å². The molecule has 0 fully saturated rings. The van der Waals surface area contributed by atoms with Crippen molar-refractivity contribution in [1.82, 2.24) is 10.3 Å². The molecule has 1 aromatic carbocycles. The van der Waals surface area contributed by atoms with E-state index in [0.29, 0.717) is 12.1 Å². The number of hydrogen-bond donors (Lipinski definition) is 1. The van der Waals surface area contributed by atoms with Crippen molar-refractivity contribution < 1.29 is 4.92 Å². The molecule has 19 heavy (non-hydrogen) atoms. The predicted octanol–water partition coefficient (Wildman–Crippen LogP) is 2.84. The van der Waals surface area contributed by atoms with Gasteiger partial charge in [-0.25, -0.2) is 0 Å². The van der Waals surface area contributed by atoms with Gasteiger partial charge in [-0.15, -0.1) is 0 Å². The molecule has 0 spiro atoms. The first kappa shape index (κ1) is 13.2. The highest BCUT2D eigenvalue weighted by molar-refractivity contribution is 5.41. The number of nitro benzene ring substituents is 1. The maximum Gasteiger partial charge on any atom is 0.274 e. The molecule has 0 bridgehead atoms. The fraction of sp³-hybridized carbons (Fsp3) is 0.214. The third kappa shape index (κ3) is 3.35. The maximum absolute atomic E-state index is 11.0. The van der Waals surface area contributed by atoms with Crippen LogP contribution in [0.15, 0.2) is 48.8 Å². The molecule has 5 nitrogen and oxygen atoms in total. The van der Waals surface area contributed by atoms with Gasteiger partial charge in [-0.1, -0.05) is 24.3 Å². The lowest BCUT2D eigenvalue weighted by Crippen LogP contribution is -2.19. The Labute approximate surface area is 111 Å². The molecule has 0 amide bonds. The van der Waals surface area contributed by atoms with Crippen molar-refractivity contribution in [1.29, 1.82) is 0 Å². The molecule has 1 unspecified atom stereocenters. The van der Waals surface area contributed by atoms with Crippen molar-refractivity contribution in [3.05, 3.63) is 70.0 Å². The average molecular weight is 257 g/mol. The van der Waals surface area contributed by atoms with Crippen LogP contribution in [-0.2, 0) is 6.54 Å². The highest BCUT2D eigenvalue weighted by atomic mass is 16.6. The van der Waals surface area contributed by atoms with Gasteiger partial charge in [-0.3, -0.25) is 15.1 Å². The van der Waals surface area contributed by atoms with Gasteiger partial charge in [0, 0.05) is 36.6 Å². The van der Waals surface area contributed by atoms with Crippen LogP contribution in [0, 0.1) is 10.1 Å². The summed E-state index contributed by atoms with van der Waals surface area (Å²) in [7, 11) is 0. The summed E-state index contributed by atoms with van der Waals surface area (Å²) in [6, 6.07) is 10.5. The molecule has 1 heterocycles. The van der Waals surface area contributed by atoms with Gasteiger partial charge < -0.3 is 5.32 Å². The fourth-order valence-electron chi connectivity index (χ4n) is 1.90. The van der Waals surface area contributed by atoms with E-state index in [-0.39, 0.29) is 16.7 Å². The second kappa shape index (κ2) is 6.06. The lowest BCUT2D eigenvalue weighted by molar-refractivity contribution is -0.385. The summed E-state index contributed by atoms with van der Waals surface area (Å²) in [5, 5.41) is 14.2. The Balaban J connectivity index is 2.08. The van der Waals surface area contributed by atoms with Crippen LogP contribution >= 0.6 is 0 Å². The minimum atomic E-state index is -0.350. The number of aromatic nitrogens is 1. The second-order valence-electron chi connectivity index (χ2n) is 4.28. The molecule has 2 aromatic rings. The molecule has 98 valence electrons. The van der Waals surface area contributed by atoms with Gasteiger partial charge in [-0.2, -0.15) is 0 Å². The van der Waals surface area contributed by atoms with E-state index in [0.717, 1.165) is 5.56 Å². The van der Waals surface area contributed by atoms with Crippen molar-refractivity contribution in [2.24, 2.45) is 0 Å². The molecule has 5 heteroatoms. The Hall–Kier alpha value is -2.27. The zero-order chi connectivity index (χ0) is 13.7. The molecule has 1 N–H and O–H groups in total. The van der Waals surface area contributed by atoms with E-state index in [1.165, 1.54) is 6.07 Å². The van der Waals surface area contributed by atoms with Crippen LogP contribution in [0.3, 0.4) is 0 Å². The summed E-state index contributed by atoms with van der Waals surface area (Å²) < 4.78 is 0. The van der Waals surface area contributed by atoms with Gasteiger partial charge in [-0.05, 0) is 18.6 Å². The predicted molar refractivity (Wildman–Crippen MR) is 72.6 cm³/mol. The Kier molecular flexibility index (Phi) is 4.20. The average Bonchev–Trinajstić information content (AvgIpc) is 2.46. The molecule has 1 aromatic heterocycles. The third-order valence-electron chi connectivity index (χ3n) is 2.94. The Morgan fingerprint density at radius 3 is 2.79 bits per heavy atom. The lowest BCUT2D eigenvalue weighted by atomic mass is 10.1. The van der Waals surface area contributed by atoms with E-state index in [9.17, 15) is 10.1 Å². The van der Waals surface area contributed by atoms with Crippen molar-refractivity contribution >= 4 is 5.69 Å². The van der Waals surface area contributed by atoms with Gasteiger partial charge in [0.1, 0.15) is 0 Å². The summed E-state index contributed by atoms with van der Waals surface area (Å²) in [6.07, 6.45) is 3.49. The van der Waals surface area contributed by atoms with E-state index in [2.05, 4.69) is 10.3 Å². The standard InChI is InChI=1S/C14H15N3O2/c1-11(16-10-12-5-4-8-15-9-12)13-6-2-3-7-14(13)17(18)19/h2-9,11,16H,10H2,1H3. The van der Waals surface area contributed by atoms with Gasteiger partial charge in [0.2, 0.25) is 0 Å². The van der Waals surface area contributed by atoms with Crippen LogP contribution in [0.5, 0.6) is 0 Å². The first-order valence-electron chi connectivity index (χ1n) is 6.04. The van der Waals surface area contributed by atoms with Crippen LogP contribution in [0.1, 0.15) is 24.1 Å². The second-order valence-corrected chi connectivity index (χ2v) is 4.28. The topological polar surface area (TPSA) is 68.1 Å². The zero-order valence-electron chi connectivity index (χ0n) is 10.6. The minimum absolute atomic E-state index is 0.0955. The van der Waals surface area contributed by atoms with E-state index < -0.39 is 0 Å². The van der Waals surface area contributed by atoms with Gasteiger partial charge in [0.05, 0.1) is 4.92 Å². The van der Waals surface area contributed by atoms with Crippen LogP contribution in [0.2, 0.25) is 0 Å². The number of benzene rings is 1. The molecule has 0 saturated carbocycles. The number of nitrogens with zero attached hydrogens (tertiary/aromatic N) is 2. The van der Waals surface area contributed by atoms with Gasteiger partial charge in [0.15, 0.2) is 0 Å². The number of nitro groups is 1. The molecule has 0 saturated heterocycles. The number of hydrogen-bond acceptors (Lipinski definition) is 4. The van der Waals surface area contributed by atoms with E-state index in [4.69, 9.17) is 0 Å². The lowest BCUT2D eigenvalue weighted by Gasteiger charge is -2.14.